The number of hydrogen-bond acceptors (Lipinski definition) is 5. The quantitative estimate of drug-likeness (QED) is 0.595. The van der Waals surface area contributed by atoms with Gasteiger partial charge in [-0.25, -0.2) is 4.79 Å². The Morgan fingerprint density at radius 2 is 2.20 bits per heavy atom. The summed E-state index contributed by atoms with van der Waals surface area (Å²) in [5.74, 6) is -0.258. The maximum atomic E-state index is 12.3. The first kappa shape index (κ1) is 19.4. The van der Waals surface area contributed by atoms with Crippen LogP contribution in [0.15, 0.2) is 5.38 Å². The Morgan fingerprint density at radius 3 is 2.84 bits per heavy atom. The summed E-state index contributed by atoms with van der Waals surface area (Å²) < 4.78 is 5.15. The molecule has 0 aliphatic carbocycles. The molecule has 1 aromatic heterocycles. The van der Waals surface area contributed by atoms with Crippen LogP contribution in [0, 0.1) is 5.92 Å². The van der Waals surface area contributed by atoms with Crippen LogP contribution >= 0.6 is 11.3 Å². The lowest BCUT2D eigenvalue weighted by molar-refractivity contribution is -0.885. The highest BCUT2D eigenvalue weighted by atomic mass is 32.1. The fraction of sp³-hybridized carbons (Fsp3) is 0.588. The molecule has 25 heavy (non-hydrogen) atoms. The van der Waals surface area contributed by atoms with Gasteiger partial charge in [0.25, 0.3) is 11.8 Å². The first-order valence-corrected chi connectivity index (χ1v) is 9.46. The molecule has 0 saturated carbocycles. The van der Waals surface area contributed by atoms with E-state index in [0.29, 0.717) is 36.1 Å². The Labute approximate surface area is 151 Å². The number of quaternary nitrogens is 1. The van der Waals surface area contributed by atoms with Gasteiger partial charge in [-0.2, -0.15) is 0 Å². The second-order valence-corrected chi connectivity index (χ2v) is 7.41. The zero-order chi connectivity index (χ0) is 18.4. The Hall–Kier alpha value is -1.93. The van der Waals surface area contributed by atoms with Crippen LogP contribution < -0.4 is 15.5 Å². The van der Waals surface area contributed by atoms with Crippen molar-refractivity contribution in [2.45, 2.75) is 27.2 Å². The summed E-state index contributed by atoms with van der Waals surface area (Å²) >= 11 is 1.34. The number of rotatable bonds is 7. The second kappa shape index (κ2) is 8.96. The Balaban J connectivity index is 2.09. The van der Waals surface area contributed by atoms with Crippen LogP contribution in [0.5, 0.6) is 0 Å². The van der Waals surface area contributed by atoms with E-state index in [0.717, 1.165) is 16.9 Å². The number of hydrogen-bond donors (Lipinski definition) is 3. The first-order valence-electron chi connectivity index (χ1n) is 8.58. The summed E-state index contributed by atoms with van der Waals surface area (Å²) in [4.78, 5) is 37.0. The van der Waals surface area contributed by atoms with Crippen molar-refractivity contribution in [2.24, 2.45) is 5.92 Å². The number of carbonyl (C=O) groups is 3. The monoisotopic (exact) mass is 368 g/mol. The van der Waals surface area contributed by atoms with Crippen molar-refractivity contribution in [1.29, 1.82) is 0 Å². The van der Waals surface area contributed by atoms with Crippen molar-refractivity contribution in [3.63, 3.8) is 0 Å². The fourth-order valence-electron chi connectivity index (χ4n) is 2.81. The van der Waals surface area contributed by atoms with Crippen LogP contribution in [0.3, 0.4) is 0 Å². The highest BCUT2D eigenvalue weighted by Gasteiger charge is 2.25. The molecule has 138 valence electrons. The number of amides is 2. The molecule has 0 radical (unpaired) electrons. The van der Waals surface area contributed by atoms with Gasteiger partial charge < -0.3 is 20.3 Å². The molecule has 2 rings (SSSR count). The Kier molecular flexibility index (Phi) is 6.95. The van der Waals surface area contributed by atoms with E-state index in [9.17, 15) is 14.4 Å². The molecule has 1 fully saturated rings. The third kappa shape index (κ3) is 5.54. The first-order chi connectivity index (χ1) is 11.9. The third-order valence-corrected chi connectivity index (χ3v) is 4.79. The number of thiophene rings is 1. The lowest BCUT2D eigenvalue weighted by Crippen LogP contribution is -3.16. The van der Waals surface area contributed by atoms with Crippen molar-refractivity contribution in [3.05, 3.63) is 16.5 Å². The summed E-state index contributed by atoms with van der Waals surface area (Å²) in [5, 5.41) is 8.01. The maximum absolute atomic E-state index is 12.3. The van der Waals surface area contributed by atoms with E-state index in [1.165, 1.54) is 11.3 Å². The molecule has 1 aliphatic heterocycles. The van der Waals surface area contributed by atoms with Gasteiger partial charge in [0.15, 0.2) is 13.1 Å². The zero-order valence-electron chi connectivity index (χ0n) is 14.9. The van der Waals surface area contributed by atoms with E-state index in [1.54, 1.807) is 6.92 Å². The number of esters is 1. The standard InChI is InChI=1S/C17H25N3O4S/c1-4-24-17(23)15-12(7-11(2)3)10-25-16(15)19-14(22)9-20-6-5-18-13(21)8-20/h10-11H,4-9H2,1-3H3,(H,18,21)(H,19,22)/p+1. The van der Waals surface area contributed by atoms with Gasteiger partial charge in [-0.05, 0) is 30.2 Å². The average molecular weight is 368 g/mol. The Bertz CT molecular complexity index is 642. The second-order valence-electron chi connectivity index (χ2n) is 6.54. The molecule has 2 heterocycles. The summed E-state index contributed by atoms with van der Waals surface area (Å²) in [6.07, 6.45) is 0.748. The summed E-state index contributed by atoms with van der Waals surface area (Å²) in [6.45, 7) is 7.99. The smallest absolute Gasteiger partial charge is 0.341 e. The molecule has 1 aliphatic rings. The summed E-state index contributed by atoms with van der Waals surface area (Å²) in [5.41, 5.74) is 1.36. The van der Waals surface area contributed by atoms with Gasteiger partial charge in [0.2, 0.25) is 0 Å². The van der Waals surface area contributed by atoms with E-state index in [-0.39, 0.29) is 25.0 Å². The van der Waals surface area contributed by atoms with Gasteiger partial charge in [-0.3, -0.25) is 9.59 Å². The molecular formula is C17H26N3O4S+. The molecule has 0 aromatic carbocycles. The molecule has 1 unspecified atom stereocenters. The molecule has 3 N–H and O–H groups in total. The Morgan fingerprint density at radius 1 is 1.44 bits per heavy atom. The number of nitrogens with one attached hydrogen (secondary N) is 3. The number of carbonyl (C=O) groups excluding carboxylic acids is 3. The number of piperazine rings is 1. The number of ether oxygens (including phenoxy) is 1. The van der Waals surface area contributed by atoms with Gasteiger partial charge in [0.05, 0.1) is 25.3 Å². The van der Waals surface area contributed by atoms with Crippen molar-refractivity contribution >= 4 is 34.1 Å². The van der Waals surface area contributed by atoms with Crippen molar-refractivity contribution in [3.8, 4) is 0 Å². The zero-order valence-corrected chi connectivity index (χ0v) is 15.8. The largest absolute Gasteiger partial charge is 0.462 e. The van der Waals surface area contributed by atoms with Gasteiger partial charge >= 0.3 is 5.97 Å². The molecule has 1 aromatic rings. The summed E-state index contributed by atoms with van der Waals surface area (Å²) in [7, 11) is 0. The minimum Gasteiger partial charge on any atom is -0.462 e. The highest BCUT2D eigenvalue weighted by molar-refractivity contribution is 7.15. The molecule has 0 bridgehead atoms. The van der Waals surface area contributed by atoms with Gasteiger partial charge in [0.1, 0.15) is 5.00 Å². The van der Waals surface area contributed by atoms with Crippen molar-refractivity contribution < 1.29 is 24.0 Å². The number of anilines is 1. The molecular weight excluding hydrogens is 342 g/mol. The van der Waals surface area contributed by atoms with E-state index >= 15 is 0 Å². The lowest BCUT2D eigenvalue weighted by atomic mass is 10.0. The highest BCUT2D eigenvalue weighted by Crippen LogP contribution is 2.30. The predicted molar refractivity (Wildman–Crippen MR) is 96.0 cm³/mol. The van der Waals surface area contributed by atoms with E-state index in [2.05, 4.69) is 24.5 Å². The fourth-order valence-corrected chi connectivity index (χ4v) is 3.79. The average Bonchev–Trinajstić information content (AvgIpc) is 2.89. The molecule has 0 spiro atoms. The van der Waals surface area contributed by atoms with Gasteiger partial charge in [-0.1, -0.05) is 13.8 Å². The van der Waals surface area contributed by atoms with Crippen LogP contribution in [-0.2, 0) is 20.7 Å². The minimum absolute atomic E-state index is 0.0448. The van der Waals surface area contributed by atoms with Crippen LogP contribution in [0.2, 0.25) is 0 Å². The van der Waals surface area contributed by atoms with Gasteiger partial charge in [0, 0.05) is 0 Å². The van der Waals surface area contributed by atoms with E-state index in [4.69, 9.17) is 4.74 Å². The SMILES string of the molecule is CCOC(=O)c1c(CC(C)C)csc1NC(=O)C[NH+]1CCNC(=O)C1. The molecule has 2 amide bonds. The summed E-state index contributed by atoms with van der Waals surface area (Å²) in [6, 6.07) is 0. The predicted octanol–water partition coefficient (Wildman–Crippen LogP) is 0.0765. The lowest BCUT2D eigenvalue weighted by Gasteiger charge is -2.22. The maximum Gasteiger partial charge on any atom is 0.341 e. The van der Waals surface area contributed by atoms with Gasteiger partial charge in [-0.15, -0.1) is 11.3 Å². The van der Waals surface area contributed by atoms with Crippen LogP contribution in [0.1, 0.15) is 36.7 Å². The normalized spacial score (nSPS) is 17.3. The van der Waals surface area contributed by atoms with Crippen LogP contribution in [0.4, 0.5) is 5.00 Å². The van der Waals surface area contributed by atoms with E-state index in [1.807, 2.05) is 5.38 Å². The van der Waals surface area contributed by atoms with Crippen molar-refractivity contribution in [1.82, 2.24) is 5.32 Å². The van der Waals surface area contributed by atoms with E-state index < -0.39 is 5.97 Å². The molecule has 1 atom stereocenters. The van der Waals surface area contributed by atoms with Crippen LogP contribution in [0.25, 0.3) is 0 Å². The molecule has 7 nitrogen and oxygen atoms in total. The van der Waals surface area contributed by atoms with Crippen LogP contribution in [-0.4, -0.2) is 50.6 Å². The third-order valence-electron chi connectivity index (χ3n) is 3.85. The molecule has 8 heteroatoms. The molecule has 1 saturated heterocycles. The topological polar surface area (TPSA) is 88.9 Å². The van der Waals surface area contributed by atoms with Crippen molar-refractivity contribution in [2.75, 3.05) is 38.1 Å². The minimum atomic E-state index is -0.403.